The molecular weight excluding hydrogens is 430 g/mol. The Balaban J connectivity index is 2.80. The molecule has 0 bridgehead atoms. The number of halogens is 1. The number of amidine groups is 1. The highest BCUT2D eigenvalue weighted by molar-refractivity contribution is 6.99. The van der Waals surface area contributed by atoms with Crippen molar-refractivity contribution >= 4 is 30.7 Å². The molecule has 32 heavy (non-hydrogen) atoms. The molecule has 0 saturated carbocycles. The number of hydrogen-bond acceptors (Lipinski definition) is 2. The van der Waals surface area contributed by atoms with Crippen LogP contribution in [0.4, 0.5) is 5.69 Å². The van der Waals surface area contributed by atoms with Gasteiger partial charge in [0.15, 0.2) is 0 Å². The minimum atomic E-state index is -1.87. The molecule has 0 aliphatic rings. The van der Waals surface area contributed by atoms with Gasteiger partial charge in [0.05, 0.1) is 11.2 Å². The van der Waals surface area contributed by atoms with E-state index in [1.165, 1.54) is 11.1 Å². The van der Waals surface area contributed by atoms with Gasteiger partial charge in [0.2, 0.25) is 0 Å². The van der Waals surface area contributed by atoms with Crippen LogP contribution in [0.3, 0.4) is 0 Å². The van der Waals surface area contributed by atoms with Gasteiger partial charge < -0.3 is 4.57 Å². The Morgan fingerprint density at radius 3 is 1.72 bits per heavy atom. The minimum Gasteiger partial charge on any atom is -0.332 e. The third-order valence-corrected chi connectivity index (χ3v) is 7.51. The van der Waals surface area contributed by atoms with Crippen LogP contribution in [0.2, 0.25) is 0 Å². The van der Waals surface area contributed by atoms with Gasteiger partial charge in [0.1, 0.15) is 5.84 Å². The van der Waals surface area contributed by atoms with Gasteiger partial charge in [-0.25, -0.2) is 0 Å². The second kappa shape index (κ2) is 10.4. The standard InChI is InChI=1S/C27H40ClN3Si/c1-19(2)22-17-14-18-23(20(3)4)24(22)30-32(28)31(27(8,9)10)25(29-26(5,6)7)21-15-12-11-13-16-21/h11-20H,1-10H3. The van der Waals surface area contributed by atoms with Crippen molar-refractivity contribution in [2.75, 3.05) is 0 Å². The second-order valence-corrected chi connectivity index (χ2v) is 13.2. The number of nitrogens with zero attached hydrogens (tertiary/aromatic N) is 3. The van der Waals surface area contributed by atoms with Gasteiger partial charge in [-0.2, -0.15) is 0 Å². The summed E-state index contributed by atoms with van der Waals surface area (Å²) in [6, 6.07) is 16.9. The van der Waals surface area contributed by atoms with Gasteiger partial charge in [-0.15, -0.1) is 0 Å². The Morgan fingerprint density at radius 1 is 0.812 bits per heavy atom. The normalized spacial score (nSPS) is 13.8. The summed E-state index contributed by atoms with van der Waals surface area (Å²) in [5.41, 5.74) is 4.14. The van der Waals surface area contributed by atoms with E-state index < -0.39 is 8.06 Å². The van der Waals surface area contributed by atoms with E-state index in [0.717, 1.165) is 17.1 Å². The van der Waals surface area contributed by atoms with Crippen LogP contribution >= 0.6 is 11.1 Å². The molecule has 0 N–H and O–H groups in total. The predicted molar refractivity (Wildman–Crippen MR) is 143 cm³/mol. The van der Waals surface area contributed by atoms with Crippen molar-refractivity contribution in [1.29, 1.82) is 0 Å². The number of rotatable bonds is 5. The topological polar surface area (TPSA) is 28.0 Å². The van der Waals surface area contributed by atoms with E-state index in [-0.39, 0.29) is 11.1 Å². The Bertz CT molecular complexity index is 938. The summed E-state index contributed by atoms with van der Waals surface area (Å²) in [6.07, 6.45) is 0. The first-order valence-electron chi connectivity index (χ1n) is 11.5. The van der Waals surface area contributed by atoms with Gasteiger partial charge in [-0.05, 0) is 64.5 Å². The molecule has 0 aliphatic carbocycles. The summed E-state index contributed by atoms with van der Waals surface area (Å²) in [5, 5.41) is 0. The molecule has 0 aromatic heterocycles. The van der Waals surface area contributed by atoms with Crippen LogP contribution in [0, 0.1) is 0 Å². The Labute approximate surface area is 202 Å². The number of aliphatic imine (C=N–C) groups is 1. The maximum atomic E-state index is 7.27. The average Bonchev–Trinajstić information content (AvgIpc) is 2.65. The van der Waals surface area contributed by atoms with Crippen molar-refractivity contribution in [3.05, 3.63) is 65.2 Å². The summed E-state index contributed by atoms with van der Waals surface area (Å²) in [4.78, 5) is 5.15. The summed E-state index contributed by atoms with van der Waals surface area (Å²) < 4.78 is 7.51. The van der Waals surface area contributed by atoms with Crippen molar-refractivity contribution in [2.24, 2.45) is 9.63 Å². The first-order valence-corrected chi connectivity index (χ1v) is 14.0. The molecule has 0 radical (unpaired) electrons. The van der Waals surface area contributed by atoms with Crippen molar-refractivity contribution in [3.8, 4) is 0 Å². The van der Waals surface area contributed by atoms with Crippen molar-refractivity contribution in [2.45, 2.75) is 92.2 Å². The molecule has 0 spiro atoms. The monoisotopic (exact) mass is 469 g/mol. The lowest BCUT2D eigenvalue weighted by Crippen LogP contribution is -2.50. The van der Waals surface area contributed by atoms with E-state index in [1.807, 2.05) is 6.07 Å². The lowest BCUT2D eigenvalue weighted by atomic mass is 9.93. The summed E-state index contributed by atoms with van der Waals surface area (Å²) in [6.45, 7) is 21.8. The Morgan fingerprint density at radius 2 is 1.31 bits per heavy atom. The first-order chi connectivity index (χ1) is 14.7. The fourth-order valence-corrected chi connectivity index (χ4v) is 6.32. The second-order valence-electron chi connectivity index (χ2n) is 11.0. The molecule has 174 valence electrons. The molecule has 0 unspecified atom stereocenters. The van der Waals surface area contributed by atoms with E-state index in [9.17, 15) is 0 Å². The van der Waals surface area contributed by atoms with Crippen LogP contribution in [-0.2, 0) is 0 Å². The molecule has 0 aliphatic heterocycles. The Kier molecular flexibility index (Phi) is 8.63. The van der Waals surface area contributed by atoms with Crippen molar-refractivity contribution < 1.29 is 0 Å². The highest BCUT2D eigenvalue weighted by Crippen LogP contribution is 2.36. The molecule has 0 fully saturated rings. The van der Waals surface area contributed by atoms with E-state index >= 15 is 0 Å². The SMILES string of the molecule is CC(C)c1cccc(C(C)C)c1N=[Si](Cl)N(C(=NC(C)(C)C)c1ccccc1)C(C)(C)C. The van der Waals surface area contributed by atoms with Crippen LogP contribution in [0.15, 0.2) is 58.2 Å². The summed E-state index contributed by atoms with van der Waals surface area (Å²) >= 11 is 7.27. The molecular formula is C27H40ClN3Si. The fraction of sp³-hybridized carbons (Fsp3) is 0.519. The zero-order valence-corrected chi connectivity index (χ0v) is 23.2. The van der Waals surface area contributed by atoms with E-state index in [0.29, 0.717) is 11.8 Å². The zero-order valence-electron chi connectivity index (χ0n) is 21.5. The van der Waals surface area contributed by atoms with Gasteiger partial charge in [-0.3, -0.25) is 9.63 Å². The Hall–Kier alpha value is -1.78. The van der Waals surface area contributed by atoms with Gasteiger partial charge in [-0.1, -0.05) is 87.3 Å². The van der Waals surface area contributed by atoms with E-state index in [1.54, 1.807) is 0 Å². The molecule has 0 atom stereocenters. The van der Waals surface area contributed by atoms with Crippen LogP contribution in [0.1, 0.15) is 97.8 Å². The number of benzene rings is 2. The van der Waals surface area contributed by atoms with Crippen LogP contribution in [0.5, 0.6) is 0 Å². The largest absolute Gasteiger partial charge is 0.365 e. The summed E-state index contributed by atoms with van der Waals surface area (Å²) in [7, 11) is -1.87. The third-order valence-electron chi connectivity index (χ3n) is 5.09. The van der Waals surface area contributed by atoms with Gasteiger partial charge in [0.25, 0.3) is 0 Å². The summed E-state index contributed by atoms with van der Waals surface area (Å²) in [5.74, 6) is 1.66. The molecule has 2 aromatic rings. The molecule has 3 nitrogen and oxygen atoms in total. The number of hydrogen-bond donors (Lipinski definition) is 0. The average molecular weight is 470 g/mol. The molecule has 0 saturated heterocycles. The third kappa shape index (κ3) is 6.86. The van der Waals surface area contributed by atoms with Gasteiger partial charge >= 0.3 is 8.06 Å². The van der Waals surface area contributed by atoms with Crippen LogP contribution in [-0.4, -0.2) is 29.5 Å². The van der Waals surface area contributed by atoms with E-state index in [2.05, 4.69) is 116 Å². The lowest BCUT2D eigenvalue weighted by molar-refractivity contribution is 0.356. The smallest absolute Gasteiger partial charge is 0.332 e. The van der Waals surface area contributed by atoms with Crippen molar-refractivity contribution in [3.63, 3.8) is 0 Å². The molecule has 2 aromatic carbocycles. The fourth-order valence-electron chi connectivity index (χ4n) is 3.61. The quantitative estimate of drug-likeness (QED) is 0.187. The molecule has 0 heterocycles. The maximum absolute atomic E-state index is 7.27. The molecule has 0 amide bonds. The maximum Gasteiger partial charge on any atom is 0.365 e. The molecule has 5 heteroatoms. The lowest BCUT2D eigenvalue weighted by Gasteiger charge is -2.38. The van der Waals surface area contributed by atoms with Crippen LogP contribution < -0.4 is 0 Å². The van der Waals surface area contributed by atoms with Gasteiger partial charge in [0, 0.05) is 11.1 Å². The molecule has 2 rings (SSSR count). The van der Waals surface area contributed by atoms with E-state index in [4.69, 9.17) is 20.7 Å². The highest BCUT2D eigenvalue weighted by Gasteiger charge is 2.32. The van der Waals surface area contributed by atoms with Crippen molar-refractivity contribution in [1.82, 2.24) is 4.57 Å². The highest BCUT2D eigenvalue weighted by atomic mass is 35.6. The first kappa shape index (κ1) is 26.5. The predicted octanol–water partition coefficient (Wildman–Crippen LogP) is 8.40. The van der Waals surface area contributed by atoms with Crippen LogP contribution in [0.25, 0.3) is 0 Å². The minimum absolute atomic E-state index is 0.243. The zero-order chi connectivity index (χ0) is 24.3.